The molecular formula is C17H10N2O. The fourth-order valence-electron chi connectivity index (χ4n) is 2.43. The highest BCUT2D eigenvalue weighted by atomic mass is 16.1. The summed E-state index contributed by atoms with van der Waals surface area (Å²) in [5, 5.41) is 8.92. The van der Waals surface area contributed by atoms with Crippen molar-refractivity contribution in [2.75, 3.05) is 0 Å². The van der Waals surface area contributed by atoms with Crippen LogP contribution < -0.4 is 0 Å². The van der Waals surface area contributed by atoms with Gasteiger partial charge in [-0.2, -0.15) is 10.3 Å². The van der Waals surface area contributed by atoms with Crippen molar-refractivity contribution in [3.05, 3.63) is 76.9 Å². The van der Waals surface area contributed by atoms with E-state index < -0.39 is 0 Å². The number of hydrogen-bond acceptors (Lipinski definition) is 3. The van der Waals surface area contributed by atoms with E-state index >= 15 is 0 Å². The van der Waals surface area contributed by atoms with Crippen LogP contribution >= 0.6 is 0 Å². The Kier molecular flexibility index (Phi) is 2.77. The molecule has 0 amide bonds. The van der Waals surface area contributed by atoms with Crippen molar-refractivity contribution in [2.24, 2.45) is 4.99 Å². The van der Waals surface area contributed by atoms with Crippen molar-refractivity contribution < 1.29 is 4.79 Å². The molecule has 0 radical (unpaired) electrons. The number of benzene rings is 2. The van der Waals surface area contributed by atoms with Crippen molar-refractivity contribution in [3.63, 3.8) is 0 Å². The molecule has 0 saturated carbocycles. The summed E-state index contributed by atoms with van der Waals surface area (Å²) in [6.07, 6.45) is 3.53. The van der Waals surface area contributed by atoms with Gasteiger partial charge in [0.2, 0.25) is 6.19 Å². The van der Waals surface area contributed by atoms with Crippen LogP contribution in [0.3, 0.4) is 0 Å². The largest absolute Gasteiger partial charge is 0.289 e. The second kappa shape index (κ2) is 4.60. The van der Waals surface area contributed by atoms with Crippen molar-refractivity contribution in [1.82, 2.24) is 0 Å². The summed E-state index contributed by atoms with van der Waals surface area (Å²) in [6, 6.07) is 12.7. The summed E-state index contributed by atoms with van der Waals surface area (Å²) < 4.78 is 0. The average molecular weight is 258 g/mol. The van der Waals surface area contributed by atoms with Gasteiger partial charge < -0.3 is 0 Å². The molecule has 0 saturated heterocycles. The van der Waals surface area contributed by atoms with Crippen molar-refractivity contribution >= 4 is 17.6 Å². The Labute approximate surface area is 116 Å². The van der Waals surface area contributed by atoms with Crippen LogP contribution in [0, 0.1) is 11.5 Å². The van der Waals surface area contributed by atoms with E-state index in [0.29, 0.717) is 28.0 Å². The number of nitriles is 1. The molecule has 0 aromatic heterocycles. The van der Waals surface area contributed by atoms with Gasteiger partial charge in [0.05, 0.1) is 5.71 Å². The highest BCUT2D eigenvalue weighted by Crippen LogP contribution is 2.28. The SMILES string of the molecule is C=Cc1ccc2c(c1)C(=NC#N)c1ccccc1C2=O. The van der Waals surface area contributed by atoms with E-state index in [1.54, 1.807) is 18.2 Å². The maximum Gasteiger partial charge on any atom is 0.206 e. The third-order valence-electron chi connectivity index (χ3n) is 3.37. The fourth-order valence-corrected chi connectivity index (χ4v) is 2.43. The van der Waals surface area contributed by atoms with Gasteiger partial charge in [0.15, 0.2) is 5.78 Å². The van der Waals surface area contributed by atoms with Crippen LogP contribution in [0.25, 0.3) is 6.08 Å². The van der Waals surface area contributed by atoms with E-state index in [4.69, 9.17) is 5.26 Å². The van der Waals surface area contributed by atoms with Gasteiger partial charge in [-0.1, -0.05) is 43.0 Å². The van der Waals surface area contributed by atoms with E-state index in [1.165, 1.54) is 0 Å². The van der Waals surface area contributed by atoms with Crippen LogP contribution in [0.5, 0.6) is 0 Å². The van der Waals surface area contributed by atoms with Gasteiger partial charge in [-0.3, -0.25) is 4.79 Å². The molecule has 0 unspecified atom stereocenters. The zero-order valence-electron chi connectivity index (χ0n) is 10.6. The lowest BCUT2D eigenvalue weighted by Gasteiger charge is -2.19. The Morgan fingerprint density at radius 2 is 1.75 bits per heavy atom. The van der Waals surface area contributed by atoms with Gasteiger partial charge in [-0.15, -0.1) is 0 Å². The number of rotatable bonds is 1. The molecule has 3 nitrogen and oxygen atoms in total. The van der Waals surface area contributed by atoms with Gasteiger partial charge in [-0.05, 0) is 17.7 Å². The van der Waals surface area contributed by atoms with Crippen LogP contribution in [0.15, 0.2) is 54.0 Å². The quantitative estimate of drug-likeness (QED) is 0.629. The number of nitrogens with zero attached hydrogens (tertiary/aromatic N) is 2. The standard InChI is InChI=1S/C17H10N2O/c1-2-11-7-8-14-15(9-11)16(19-10-18)12-5-3-4-6-13(12)17(14)20/h2-9H,1H2. The minimum atomic E-state index is -0.0388. The van der Waals surface area contributed by atoms with E-state index in [9.17, 15) is 4.79 Å². The molecule has 0 fully saturated rings. The number of fused-ring (bicyclic) bond motifs is 2. The molecular weight excluding hydrogens is 248 g/mol. The second-order valence-electron chi connectivity index (χ2n) is 4.44. The number of ketones is 1. The van der Waals surface area contributed by atoms with Gasteiger partial charge in [-0.25, -0.2) is 0 Å². The minimum absolute atomic E-state index is 0.0388. The highest BCUT2D eigenvalue weighted by molar-refractivity contribution is 6.30. The molecule has 1 aliphatic carbocycles. The van der Waals surface area contributed by atoms with Gasteiger partial charge >= 0.3 is 0 Å². The average Bonchev–Trinajstić information content (AvgIpc) is 2.51. The van der Waals surface area contributed by atoms with Crippen molar-refractivity contribution in [1.29, 1.82) is 5.26 Å². The molecule has 0 bridgehead atoms. The summed E-state index contributed by atoms with van der Waals surface area (Å²) in [5.74, 6) is -0.0388. The lowest BCUT2D eigenvalue weighted by Crippen LogP contribution is -2.21. The normalized spacial score (nSPS) is 14.3. The summed E-state index contributed by atoms with van der Waals surface area (Å²) in [7, 11) is 0. The smallest absolute Gasteiger partial charge is 0.206 e. The number of carbonyl (C=O) groups excluding carboxylic acids is 1. The summed E-state index contributed by atoms with van der Waals surface area (Å²) in [4.78, 5) is 16.4. The maximum atomic E-state index is 12.5. The van der Waals surface area contributed by atoms with Crippen LogP contribution in [0.1, 0.15) is 32.6 Å². The molecule has 0 heterocycles. The highest BCUT2D eigenvalue weighted by Gasteiger charge is 2.27. The van der Waals surface area contributed by atoms with E-state index in [2.05, 4.69) is 11.6 Å². The lowest BCUT2D eigenvalue weighted by atomic mass is 9.83. The van der Waals surface area contributed by atoms with Gasteiger partial charge in [0.1, 0.15) is 0 Å². The molecule has 20 heavy (non-hydrogen) atoms. The summed E-state index contributed by atoms with van der Waals surface area (Å²) in [5.41, 5.74) is 3.98. The minimum Gasteiger partial charge on any atom is -0.289 e. The molecule has 0 atom stereocenters. The fraction of sp³-hybridized carbons (Fsp3) is 0. The third kappa shape index (κ3) is 1.67. The zero-order valence-corrected chi connectivity index (χ0v) is 10.6. The molecule has 0 spiro atoms. The Morgan fingerprint density at radius 1 is 1.05 bits per heavy atom. The van der Waals surface area contributed by atoms with Gasteiger partial charge in [0, 0.05) is 22.3 Å². The molecule has 2 aromatic rings. The van der Waals surface area contributed by atoms with Crippen LogP contribution in [-0.4, -0.2) is 11.5 Å². The van der Waals surface area contributed by atoms with Crippen LogP contribution in [-0.2, 0) is 0 Å². The monoisotopic (exact) mass is 258 g/mol. The Balaban J connectivity index is 2.36. The van der Waals surface area contributed by atoms with Crippen LogP contribution in [0.4, 0.5) is 0 Å². The Bertz CT molecular complexity index is 810. The summed E-state index contributed by atoms with van der Waals surface area (Å²) in [6.45, 7) is 3.72. The van der Waals surface area contributed by atoms with E-state index in [-0.39, 0.29) is 5.78 Å². The molecule has 0 N–H and O–H groups in total. The predicted molar refractivity (Wildman–Crippen MR) is 77.7 cm³/mol. The molecule has 1 aliphatic rings. The molecule has 94 valence electrons. The summed E-state index contributed by atoms with van der Waals surface area (Å²) >= 11 is 0. The first-order chi connectivity index (χ1) is 9.76. The molecule has 3 rings (SSSR count). The number of hydrogen-bond donors (Lipinski definition) is 0. The predicted octanol–water partition coefficient (Wildman–Crippen LogP) is 3.19. The second-order valence-corrected chi connectivity index (χ2v) is 4.44. The first-order valence-corrected chi connectivity index (χ1v) is 6.14. The Hall–Kier alpha value is -2.99. The first kappa shape index (κ1) is 12.1. The first-order valence-electron chi connectivity index (χ1n) is 6.14. The zero-order chi connectivity index (χ0) is 14.1. The third-order valence-corrected chi connectivity index (χ3v) is 3.37. The lowest BCUT2D eigenvalue weighted by molar-refractivity contribution is 0.103. The van der Waals surface area contributed by atoms with E-state index in [0.717, 1.165) is 5.56 Å². The molecule has 3 heteroatoms. The number of aliphatic imine (C=N–C) groups is 1. The Morgan fingerprint density at radius 3 is 2.45 bits per heavy atom. The molecule has 0 aliphatic heterocycles. The van der Waals surface area contributed by atoms with Crippen molar-refractivity contribution in [2.45, 2.75) is 0 Å². The van der Waals surface area contributed by atoms with Crippen LogP contribution in [0.2, 0.25) is 0 Å². The van der Waals surface area contributed by atoms with E-state index in [1.807, 2.05) is 36.5 Å². The maximum absolute atomic E-state index is 12.5. The number of carbonyl (C=O) groups is 1. The topological polar surface area (TPSA) is 53.2 Å². The molecule has 2 aromatic carbocycles. The van der Waals surface area contributed by atoms with Crippen molar-refractivity contribution in [3.8, 4) is 6.19 Å². The van der Waals surface area contributed by atoms with Gasteiger partial charge in [0.25, 0.3) is 0 Å².